The first-order valence-electron chi connectivity index (χ1n) is 6.27. The quantitative estimate of drug-likeness (QED) is 0.790. The van der Waals surface area contributed by atoms with Gasteiger partial charge in [0.2, 0.25) is 5.91 Å². The smallest absolute Gasteiger partial charge is 0.229 e. The Labute approximate surface area is 114 Å². The molecule has 0 unspecified atom stereocenters. The predicted octanol–water partition coefficient (Wildman–Crippen LogP) is 2.75. The van der Waals surface area contributed by atoms with Crippen LogP contribution in [0.5, 0.6) is 0 Å². The van der Waals surface area contributed by atoms with Crippen molar-refractivity contribution >= 4 is 11.6 Å². The maximum absolute atomic E-state index is 12.4. The van der Waals surface area contributed by atoms with Crippen LogP contribution in [0.4, 0.5) is 5.69 Å². The number of benzene rings is 1. The van der Waals surface area contributed by atoms with E-state index in [1.165, 1.54) is 0 Å². The molecule has 0 fully saturated rings. The molecule has 19 heavy (non-hydrogen) atoms. The molecule has 1 aromatic carbocycles. The maximum Gasteiger partial charge on any atom is 0.229 e. The third-order valence-corrected chi connectivity index (χ3v) is 2.95. The highest BCUT2D eigenvalue weighted by Gasteiger charge is 2.25. The Kier molecular flexibility index (Phi) is 5.53. The molecule has 0 N–H and O–H groups in total. The molecule has 0 spiro atoms. The van der Waals surface area contributed by atoms with E-state index in [-0.39, 0.29) is 12.3 Å². The maximum atomic E-state index is 12.4. The van der Waals surface area contributed by atoms with Crippen LogP contribution in [0.25, 0.3) is 0 Å². The molecule has 4 heteroatoms. The van der Waals surface area contributed by atoms with E-state index >= 15 is 0 Å². The monoisotopic (exact) mass is 260 g/mol. The van der Waals surface area contributed by atoms with E-state index < -0.39 is 5.60 Å². The number of nitriles is 1. The molecule has 4 nitrogen and oxygen atoms in total. The van der Waals surface area contributed by atoms with Crippen molar-refractivity contribution in [3.63, 3.8) is 0 Å². The zero-order valence-corrected chi connectivity index (χ0v) is 11.7. The van der Waals surface area contributed by atoms with E-state index in [9.17, 15) is 4.79 Å². The van der Waals surface area contributed by atoms with Gasteiger partial charge in [-0.3, -0.25) is 4.79 Å². The molecule has 0 aliphatic heterocycles. The summed E-state index contributed by atoms with van der Waals surface area (Å²) in [7, 11) is 1.59. The number of amides is 1. The van der Waals surface area contributed by atoms with Crippen LogP contribution in [0.15, 0.2) is 30.3 Å². The molecule has 0 saturated heterocycles. The van der Waals surface area contributed by atoms with Gasteiger partial charge in [0, 0.05) is 19.3 Å². The van der Waals surface area contributed by atoms with Gasteiger partial charge in [0.1, 0.15) is 0 Å². The largest absolute Gasteiger partial charge is 0.378 e. The highest BCUT2D eigenvalue weighted by molar-refractivity contribution is 5.93. The Balaban J connectivity index is 2.86. The van der Waals surface area contributed by atoms with Crippen LogP contribution in [-0.4, -0.2) is 25.2 Å². The lowest BCUT2D eigenvalue weighted by Crippen LogP contribution is -2.38. The van der Waals surface area contributed by atoms with Gasteiger partial charge in [-0.2, -0.15) is 5.26 Å². The zero-order valence-electron chi connectivity index (χ0n) is 11.7. The van der Waals surface area contributed by atoms with Crippen molar-refractivity contribution in [3.05, 3.63) is 30.3 Å². The lowest BCUT2D eigenvalue weighted by Gasteiger charge is -2.27. The molecular weight excluding hydrogens is 240 g/mol. The van der Waals surface area contributed by atoms with E-state index in [1.54, 1.807) is 12.0 Å². The fourth-order valence-corrected chi connectivity index (χ4v) is 1.70. The summed E-state index contributed by atoms with van der Waals surface area (Å²) in [5, 5.41) is 8.71. The van der Waals surface area contributed by atoms with E-state index in [4.69, 9.17) is 10.00 Å². The molecule has 1 aromatic rings. The van der Waals surface area contributed by atoms with E-state index in [0.29, 0.717) is 13.0 Å². The first kappa shape index (κ1) is 15.2. The van der Waals surface area contributed by atoms with Crippen LogP contribution >= 0.6 is 0 Å². The van der Waals surface area contributed by atoms with Crippen molar-refractivity contribution in [1.29, 1.82) is 5.26 Å². The number of hydrogen-bond donors (Lipinski definition) is 0. The van der Waals surface area contributed by atoms with Gasteiger partial charge in [0.05, 0.1) is 24.5 Å². The fourth-order valence-electron chi connectivity index (χ4n) is 1.70. The van der Waals surface area contributed by atoms with Gasteiger partial charge in [0.15, 0.2) is 0 Å². The van der Waals surface area contributed by atoms with Gasteiger partial charge in [-0.05, 0) is 26.0 Å². The summed E-state index contributed by atoms with van der Waals surface area (Å²) in [6, 6.07) is 11.5. The second-order valence-electron chi connectivity index (χ2n) is 4.93. The topological polar surface area (TPSA) is 53.3 Å². The van der Waals surface area contributed by atoms with Gasteiger partial charge >= 0.3 is 0 Å². The molecule has 0 radical (unpaired) electrons. The van der Waals surface area contributed by atoms with Crippen molar-refractivity contribution in [2.45, 2.75) is 32.3 Å². The first-order chi connectivity index (χ1) is 9.00. The minimum atomic E-state index is -0.503. The van der Waals surface area contributed by atoms with E-state index in [0.717, 1.165) is 5.69 Å². The SMILES string of the molecule is COC(C)(C)CC(=O)N(CCC#N)c1ccccc1. The summed E-state index contributed by atoms with van der Waals surface area (Å²) >= 11 is 0. The Morgan fingerprint density at radius 1 is 1.37 bits per heavy atom. The summed E-state index contributed by atoms with van der Waals surface area (Å²) in [5.41, 5.74) is 0.311. The molecule has 1 rings (SSSR count). The summed E-state index contributed by atoms with van der Waals surface area (Å²) in [6.07, 6.45) is 0.595. The van der Waals surface area contributed by atoms with Crippen molar-refractivity contribution < 1.29 is 9.53 Å². The van der Waals surface area contributed by atoms with Crippen molar-refractivity contribution in [1.82, 2.24) is 0 Å². The summed E-state index contributed by atoms with van der Waals surface area (Å²) in [4.78, 5) is 14.0. The molecule has 1 amide bonds. The van der Waals surface area contributed by atoms with Gasteiger partial charge < -0.3 is 9.64 Å². The van der Waals surface area contributed by atoms with Crippen molar-refractivity contribution in [3.8, 4) is 6.07 Å². The Morgan fingerprint density at radius 3 is 2.53 bits per heavy atom. The highest BCUT2D eigenvalue weighted by atomic mass is 16.5. The minimum absolute atomic E-state index is 0.0340. The van der Waals surface area contributed by atoms with Crippen molar-refractivity contribution in [2.24, 2.45) is 0 Å². The molecule has 0 saturated carbocycles. The molecule has 0 heterocycles. The first-order valence-corrected chi connectivity index (χ1v) is 6.27. The summed E-state index contributed by atoms with van der Waals surface area (Å²) in [6.45, 7) is 4.15. The van der Waals surface area contributed by atoms with Gasteiger partial charge in [-0.25, -0.2) is 0 Å². The average Bonchev–Trinajstić information content (AvgIpc) is 2.40. The molecule has 102 valence electrons. The zero-order chi connectivity index (χ0) is 14.3. The second-order valence-corrected chi connectivity index (χ2v) is 4.93. The molecule has 0 aliphatic carbocycles. The fraction of sp³-hybridized carbons (Fsp3) is 0.467. The Hall–Kier alpha value is -1.86. The van der Waals surface area contributed by atoms with Gasteiger partial charge in [-0.1, -0.05) is 18.2 Å². The lowest BCUT2D eigenvalue weighted by molar-refractivity contribution is -0.123. The standard InChI is InChI=1S/C15H20N2O2/c1-15(2,19-3)12-14(18)17(11-7-10-16)13-8-5-4-6-9-13/h4-6,8-9H,7,11-12H2,1-3H3. The number of hydrogen-bond acceptors (Lipinski definition) is 3. The molecule has 0 aromatic heterocycles. The van der Waals surface area contributed by atoms with Gasteiger partial charge in [0.25, 0.3) is 0 Å². The number of nitrogens with zero attached hydrogens (tertiary/aromatic N) is 2. The van der Waals surface area contributed by atoms with Crippen LogP contribution in [0.3, 0.4) is 0 Å². The van der Waals surface area contributed by atoms with Crippen molar-refractivity contribution in [2.75, 3.05) is 18.6 Å². The number of anilines is 1. The number of rotatable bonds is 6. The number of carbonyl (C=O) groups is 1. The lowest BCUT2D eigenvalue weighted by atomic mass is 10.0. The van der Waals surface area contributed by atoms with Crippen LogP contribution in [0.1, 0.15) is 26.7 Å². The highest BCUT2D eigenvalue weighted by Crippen LogP contribution is 2.20. The normalized spacial score (nSPS) is 10.8. The second kappa shape index (κ2) is 6.91. The number of ether oxygens (including phenoxy) is 1. The van der Waals surface area contributed by atoms with Gasteiger partial charge in [-0.15, -0.1) is 0 Å². The Morgan fingerprint density at radius 2 is 2.00 bits per heavy atom. The Bertz CT molecular complexity index is 449. The number of carbonyl (C=O) groups excluding carboxylic acids is 1. The minimum Gasteiger partial charge on any atom is -0.378 e. The third kappa shape index (κ3) is 4.72. The van der Waals surface area contributed by atoms with Crippen LogP contribution < -0.4 is 4.90 Å². The molecular formula is C15H20N2O2. The third-order valence-electron chi connectivity index (χ3n) is 2.95. The summed E-state index contributed by atoms with van der Waals surface area (Å²) in [5.74, 6) is -0.0340. The molecule has 0 bridgehead atoms. The van der Waals surface area contributed by atoms with Crippen LogP contribution in [0, 0.1) is 11.3 Å². The van der Waals surface area contributed by atoms with Crippen LogP contribution in [0.2, 0.25) is 0 Å². The number of para-hydroxylation sites is 1. The average molecular weight is 260 g/mol. The predicted molar refractivity (Wildman–Crippen MR) is 74.7 cm³/mol. The summed E-state index contributed by atoms with van der Waals surface area (Å²) < 4.78 is 5.29. The number of methoxy groups -OCH3 is 1. The van der Waals surface area contributed by atoms with E-state index in [1.807, 2.05) is 44.2 Å². The molecule has 0 aliphatic rings. The van der Waals surface area contributed by atoms with E-state index in [2.05, 4.69) is 6.07 Å². The molecule has 0 atom stereocenters. The van der Waals surface area contributed by atoms with Crippen LogP contribution in [-0.2, 0) is 9.53 Å².